The van der Waals surface area contributed by atoms with E-state index >= 15 is 0 Å². The summed E-state index contributed by atoms with van der Waals surface area (Å²) >= 11 is 5.97. The third-order valence-electron chi connectivity index (χ3n) is 2.48. The molecule has 1 aromatic heterocycles. The first kappa shape index (κ1) is 9.46. The zero-order valence-corrected chi connectivity index (χ0v) is 8.60. The highest BCUT2D eigenvalue weighted by atomic mass is 35.5. The van der Waals surface area contributed by atoms with Gasteiger partial charge in [-0.3, -0.25) is 0 Å². The maximum Gasteiger partial charge on any atom is 0.356 e. The predicted octanol–water partition coefficient (Wildman–Crippen LogP) is 2.01. The average molecular weight is 212 g/mol. The summed E-state index contributed by atoms with van der Waals surface area (Å²) in [5, 5.41) is 0.658. The van der Waals surface area contributed by atoms with Crippen LogP contribution in [0.25, 0.3) is 0 Å². The van der Waals surface area contributed by atoms with Crippen LogP contribution in [0, 0.1) is 0 Å². The van der Waals surface area contributed by atoms with Crippen molar-refractivity contribution in [1.29, 1.82) is 0 Å². The van der Waals surface area contributed by atoms with Gasteiger partial charge in [-0.25, -0.2) is 9.78 Å². The molecule has 0 fully saturated rings. The third kappa shape index (κ3) is 1.38. The van der Waals surface area contributed by atoms with Crippen LogP contribution >= 0.6 is 11.6 Å². The number of carbonyl (C=O) groups excluding carboxylic acids is 1. The molecule has 3 nitrogen and oxygen atoms in total. The Hall–Kier alpha value is -1.09. The van der Waals surface area contributed by atoms with Crippen molar-refractivity contribution in [3.8, 4) is 0 Å². The molecule has 1 aliphatic rings. The minimum atomic E-state index is -0.375. The number of carbonyl (C=O) groups is 1. The lowest BCUT2D eigenvalue weighted by molar-refractivity contribution is 0.0593. The van der Waals surface area contributed by atoms with Gasteiger partial charge in [0, 0.05) is 6.20 Å². The van der Waals surface area contributed by atoms with E-state index in [1.807, 2.05) is 0 Å². The number of fused-ring (bicyclic) bond motifs is 1. The first-order valence-electron chi connectivity index (χ1n) is 4.48. The number of methoxy groups -OCH3 is 1. The number of halogens is 1. The van der Waals surface area contributed by atoms with Crippen LogP contribution in [-0.4, -0.2) is 18.1 Å². The normalized spacial score (nSPS) is 13.9. The zero-order chi connectivity index (χ0) is 10.1. The summed E-state index contributed by atoms with van der Waals surface area (Å²) in [6.45, 7) is 0. The van der Waals surface area contributed by atoms with E-state index in [-0.39, 0.29) is 5.97 Å². The molecule has 0 aromatic carbocycles. The van der Waals surface area contributed by atoms with E-state index in [0.717, 1.165) is 30.4 Å². The van der Waals surface area contributed by atoms with Gasteiger partial charge >= 0.3 is 5.97 Å². The van der Waals surface area contributed by atoms with Gasteiger partial charge in [0.15, 0.2) is 5.69 Å². The van der Waals surface area contributed by atoms with E-state index < -0.39 is 0 Å². The van der Waals surface area contributed by atoms with Crippen molar-refractivity contribution in [2.45, 2.75) is 19.3 Å². The highest BCUT2D eigenvalue weighted by molar-refractivity contribution is 6.31. The van der Waals surface area contributed by atoms with Crippen molar-refractivity contribution in [3.05, 3.63) is 28.0 Å². The summed E-state index contributed by atoms with van der Waals surface area (Å²) in [4.78, 5) is 15.4. The largest absolute Gasteiger partial charge is 0.464 e. The molecule has 0 amide bonds. The molecule has 0 unspecified atom stereocenters. The Bertz CT molecular complexity index is 390. The number of pyridine rings is 1. The molecule has 0 bridgehead atoms. The summed E-state index contributed by atoms with van der Waals surface area (Å²) in [7, 11) is 1.36. The second kappa shape index (κ2) is 3.58. The Balaban J connectivity index is 2.53. The molecule has 14 heavy (non-hydrogen) atoms. The van der Waals surface area contributed by atoms with Crippen LogP contribution in [-0.2, 0) is 17.6 Å². The van der Waals surface area contributed by atoms with Crippen molar-refractivity contribution in [2.75, 3.05) is 7.11 Å². The molecule has 0 radical (unpaired) electrons. The van der Waals surface area contributed by atoms with E-state index in [2.05, 4.69) is 9.72 Å². The van der Waals surface area contributed by atoms with Crippen LogP contribution in [0.3, 0.4) is 0 Å². The molecule has 2 rings (SSSR count). The highest BCUT2D eigenvalue weighted by Gasteiger charge is 2.22. The van der Waals surface area contributed by atoms with E-state index in [1.165, 1.54) is 13.3 Å². The van der Waals surface area contributed by atoms with Gasteiger partial charge in [-0.2, -0.15) is 0 Å². The minimum absolute atomic E-state index is 0.375. The average Bonchev–Trinajstić information content (AvgIpc) is 2.67. The fourth-order valence-electron chi connectivity index (χ4n) is 1.82. The Morgan fingerprint density at radius 3 is 2.93 bits per heavy atom. The summed E-state index contributed by atoms with van der Waals surface area (Å²) < 4.78 is 4.66. The molecular weight excluding hydrogens is 202 g/mol. The second-order valence-corrected chi connectivity index (χ2v) is 3.66. The molecule has 0 saturated heterocycles. The van der Waals surface area contributed by atoms with Crippen LogP contribution in [0.1, 0.15) is 28.0 Å². The van der Waals surface area contributed by atoms with Crippen LogP contribution in [0.4, 0.5) is 0 Å². The first-order chi connectivity index (χ1) is 6.74. The number of hydrogen-bond donors (Lipinski definition) is 0. The molecule has 0 atom stereocenters. The van der Waals surface area contributed by atoms with Crippen LogP contribution in [0.5, 0.6) is 0 Å². The van der Waals surface area contributed by atoms with Crippen LogP contribution in [0.2, 0.25) is 5.02 Å². The molecule has 0 aliphatic heterocycles. The summed E-state index contributed by atoms with van der Waals surface area (Å²) in [6, 6.07) is 0. The molecular formula is C10H10ClNO2. The summed E-state index contributed by atoms with van der Waals surface area (Å²) in [5.74, 6) is -0.375. The van der Waals surface area contributed by atoms with Crippen LogP contribution < -0.4 is 0 Å². The maximum absolute atomic E-state index is 11.4. The lowest BCUT2D eigenvalue weighted by Gasteiger charge is -2.06. The van der Waals surface area contributed by atoms with E-state index in [9.17, 15) is 4.79 Å². The second-order valence-electron chi connectivity index (χ2n) is 3.26. The number of ether oxygens (including phenoxy) is 1. The number of esters is 1. The number of nitrogens with zero attached hydrogens (tertiary/aromatic N) is 1. The van der Waals surface area contributed by atoms with Crippen molar-refractivity contribution in [1.82, 2.24) is 4.98 Å². The number of hydrogen-bond acceptors (Lipinski definition) is 3. The van der Waals surface area contributed by atoms with Crippen molar-refractivity contribution in [2.24, 2.45) is 0 Å². The van der Waals surface area contributed by atoms with Gasteiger partial charge in [-0.05, 0) is 30.4 Å². The Morgan fingerprint density at radius 1 is 1.50 bits per heavy atom. The molecule has 74 valence electrons. The van der Waals surface area contributed by atoms with Gasteiger partial charge in [-0.1, -0.05) is 11.6 Å². The lowest BCUT2D eigenvalue weighted by atomic mass is 10.1. The quantitative estimate of drug-likeness (QED) is 0.667. The number of rotatable bonds is 1. The van der Waals surface area contributed by atoms with Gasteiger partial charge in [0.25, 0.3) is 0 Å². The Labute approximate surface area is 87.0 Å². The lowest BCUT2D eigenvalue weighted by Crippen LogP contribution is -2.08. The first-order valence-corrected chi connectivity index (χ1v) is 4.86. The minimum Gasteiger partial charge on any atom is -0.464 e. The molecule has 4 heteroatoms. The predicted molar refractivity (Wildman–Crippen MR) is 52.6 cm³/mol. The fourth-order valence-corrected chi connectivity index (χ4v) is 2.08. The van der Waals surface area contributed by atoms with E-state index in [1.54, 1.807) is 0 Å². The van der Waals surface area contributed by atoms with Gasteiger partial charge in [0.05, 0.1) is 12.1 Å². The topological polar surface area (TPSA) is 39.2 Å². The smallest absolute Gasteiger partial charge is 0.356 e. The summed E-state index contributed by atoms with van der Waals surface area (Å²) in [5.41, 5.74) is 2.44. The zero-order valence-electron chi connectivity index (χ0n) is 7.84. The van der Waals surface area contributed by atoms with Gasteiger partial charge in [0.2, 0.25) is 0 Å². The standard InChI is InChI=1S/C10H10ClNO2/c1-14-10(13)9-7-4-2-3-6(7)8(11)5-12-9/h5H,2-4H2,1H3. The third-order valence-corrected chi connectivity index (χ3v) is 2.80. The molecule has 1 heterocycles. The molecule has 0 spiro atoms. The monoisotopic (exact) mass is 211 g/mol. The van der Waals surface area contributed by atoms with E-state index in [0.29, 0.717) is 10.7 Å². The Morgan fingerprint density at radius 2 is 2.21 bits per heavy atom. The van der Waals surface area contributed by atoms with Crippen molar-refractivity contribution < 1.29 is 9.53 Å². The fraction of sp³-hybridized carbons (Fsp3) is 0.400. The van der Waals surface area contributed by atoms with E-state index in [4.69, 9.17) is 11.6 Å². The highest BCUT2D eigenvalue weighted by Crippen LogP contribution is 2.30. The van der Waals surface area contributed by atoms with Crippen LogP contribution in [0.15, 0.2) is 6.20 Å². The molecule has 1 aliphatic carbocycles. The molecule has 0 N–H and O–H groups in total. The number of aromatic nitrogens is 1. The SMILES string of the molecule is COC(=O)c1ncc(Cl)c2c1CCC2. The van der Waals surface area contributed by atoms with Crippen molar-refractivity contribution >= 4 is 17.6 Å². The maximum atomic E-state index is 11.4. The van der Waals surface area contributed by atoms with Gasteiger partial charge < -0.3 is 4.74 Å². The van der Waals surface area contributed by atoms with Crippen molar-refractivity contribution in [3.63, 3.8) is 0 Å². The summed E-state index contributed by atoms with van der Waals surface area (Å²) in [6.07, 6.45) is 4.36. The van der Waals surface area contributed by atoms with Gasteiger partial charge in [0.1, 0.15) is 0 Å². The van der Waals surface area contributed by atoms with Gasteiger partial charge in [-0.15, -0.1) is 0 Å². The molecule has 1 aromatic rings. The Kier molecular flexibility index (Phi) is 2.42. The molecule has 0 saturated carbocycles.